The summed E-state index contributed by atoms with van der Waals surface area (Å²) in [5.41, 5.74) is 6.27. The number of pyridine rings is 1. The van der Waals surface area contributed by atoms with E-state index >= 15 is 0 Å². The Kier molecular flexibility index (Phi) is 4.60. The van der Waals surface area contributed by atoms with Gasteiger partial charge < -0.3 is 16.2 Å². The number of hydrogen-bond acceptors (Lipinski definition) is 6. The van der Waals surface area contributed by atoms with E-state index in [2.05, 4.69) is 10.3 Å². The van der Waals surface area contributed by atoms with Crippen molar-refractivity contribution in [2.75, 3.05) is 34.9 Å². The van der Waals surface area contributed by atoms with Gasteiger partial charge >= 0.3 is 5.97 Å². The summed E-state index contributed by atoms with van der Waals surface area (Å²) in [6.45, 7) is 0.762. The topological polar surface area (TPSA) is 88.2 Å². The summed E-state index contributed by atoms with van der Waals surface area (Å²) in [5, 5.41) is 12.5. The van der Waals surface area contributed by atoms with E-state index < -0.39 is 5.97 Å². The molecule has 1 saturated heterocycles. The van der Waals surface area contributed by atoms with E-state index in [1.54, 1.807) is 6.07 Å². The maximum absolute atomic E-state index is 10.8. The molecule has 7 heteroatoms. The van der Waals surface area contributed by atoms with Gasteiger partial charge in [0.1, 0.15) is 5.82 Å². The lowest BCUT2D eigenvalue weighted by Gasteiger charge is -2.21. The van der Waals surface area contributed by atoms with E-state index in [0.717, 1.165) is 18.1 Å². The van der Waals surface area contributed by atoms with Crippen LogP contribution in [0.3, 0.4) is 0 Å². The Morgan fingerprint density at radius 3 is 3.06 bits per heavy atom. The highest BCUT2D eigenvalue weighted by molar-refractivity contribution is 8.06. The first-order valence-corrected chi connectivity index (χ1v) is 7.80. The SMILES string of the molecule is Nc1ccc(C(=O)O)nc1NCC1CSCCS1. The number of carboxylic acid groups (broad SMARTS) is 1. The number of carboxylic acids is 1. The van der Waals surface area contributed by atoms with Crippen LogP contribution < -0.4 is 11.1 Å². The molecule has 1 fully saturated rings. The molecule has 0 radical (unpaired) electrons. The van der Waals surface area contributed by atoms with Crippen LogP contribution in [-0.2, 0) is 0 Å². The van der Waals surface area contributed by atoms with Gasteiger partial charge in [0.05, 0.1) is 5.69 Å². The van der Waals surface area contributed by atoms with Crippen molar-refractivity contribution in [1.29, 1.82) is 0 Å². The summed E-state index contributed by atoms with van der Waals surface area (Å²) in [7, 11) is 0. The quantitative estimate of drug-likeness (QED) is 0.774. The highest BCUT2D eigenvalue weighted by atomic mass is 32.2. The van der Waals surface area contributed by atoms with Crippen molar-refractivity contribution in [2.24, 2.45) is 0 Å². The zero-order valence-corrected chi connectivity index (χ0v) is 11.4. The Morgan fingerprint density at radius 1 is 1.56 bits per heavy atom. The molecule has 4 N–H and O–H groups in total. The monoisotopic (exact) mass is 285 g/mol. The molecule has 1 atom stereocenters. The first kappa shape index (κ1) is 13.4. The van der Waals surface area contributed by atoms with E-state index in [9.17, 15) is 4.79 Å². The van der Waals surface area contributed by atoms with Gasteiger partial charge in [-0.25, -0.2) is 9.78 Å². The standard InChI is InChI=1S/C11H15N3O2S2/c12-8-1-2-9(11(15)16)14-10(8)13-5-7-6-17-3-4-18-7/h1-2,7H,3-6,12H2,(H,13,14)(H,15,16). The van der Waals surface area contributed by atoms with Gasteiger partial charge in [0, 0.05) is 29.1 Å². The molecule has 0 amide bonds. The molecule has 0 aliphatic carbocycles. The third kappa shape index (κ3) is 3.46. The second-order valence-corrected chi connectivity index (χ2v) is 6.45. The van der Waals surface area contributed by atoms with Crippen molar-refractivity contribution in [3.05, 3.63) is 17.8 Å². The maximum atomic E-state index is 10.8. The van der Waals surface area contributed by atoms with Gasteiger partial charge in [0.2, 0.25) is 0 Å². The lowest BCUT2D eigenvalue weighted by atomic mass is 10.3. The molecule has 1 aromatic rings. The van der Waals surface area contributed by atoms with Crippen molar-refractivity contribution in [2.45, 2.75) is 5.25 Å². The molecule has 5 nitrogen and oxygen atoms in total. The minimum Gasteiger partial charge on any atom is -0.477 e. The third-order valence-corrected chi connectivity index (χ3v) is 5.37. The number of hydrogen-bond donors (Lipinski definition) is 3. The number of nitrogens with one attached hydrogen (secondary N) is 1. The second-order valence-electron chi connectivity index (χ2n) is 3.89. The molecule has 98 valence electrons. The summed E-state index contributed by atoms with van der Waals surface area (Å²) in [6, 6.07) is 2.98. The summed E-state index contributed by atoms with van der Waals surface area (Å²) >= 11 is 3.87. The molecular weight excluding hydrogens is 270 g/mol. The van der Waals surface area contributed by atoms with Crippen molar-refractivity contribution in [3.63, 3.8) is 0 Å². The number of nitrogens with zero attached hydrogens (tertiary/aromatic N) is 1. The molecule has 1 aliphatic heterocycles. The lowest BCUT2D eigenvalue weighted by molar-refractivity contribution is 0.0690. The van der Waals surface area contributed by atoms with Crippen molar-refractivity contribution >= 4 is 41.0 Å². The highest BCUT2D eigenvalue weighted by Gasteiger charge is 2.15. The fourth-order valence-corrected chi connectivity index (χ4v) is 4.21. The predicted molar refractivity (Wildman–Crippen MR) is 77.7 cm³/mol. The first-order valence-electron chi connectivity index (χ1n) is 5.60. The van der Waals surface area contributed by atoms with Crippen molar-refractivity contribution in [1.82, 2.24) is 4.98 Å². The van der Waals surface area contributed by atoms with Gasteiger partial charge in [-0.2, -0.15) is 23.5 Å². The first-order chi connectivity index (χ1) is 8.66. The number of carbonyl (C=O) groups is 1. The van der Waals surface area contributed by atoms with Gasteiger partial charge in [-0.15, -0.1) is 0 Å². The number of aromatic nitrogens is 1. The fourth-order valence-electron chi connectivity index (χ4n) is 1.60. The smallest absolute Gasteiger partial charge is 0.354 e. The third-order valence-electron chi connectivity index (χ3n) is 2.53. The summed E-state index contributed by atoms with van der Waals surface area (Å²) in [6.07, 6.45) is 0. The van der Waals surface area contributed by atoms with E-state index in [1.807, 2.05) is 23.5 Å². The van der Waals surface area contributed by atoms with Crippen LogP contribution in [0.15, 0.2) is 12.1 Å². The summed E-state index contributed by atoms with van der Waals surface area (Å²) < 4.78 is 0. The van der Waals surface area contributed by atoms with Crippen LogP contribution in [0.2, 0.25) is 0 Å². The van der Waals surface area contributed by atoms with Gasteiger partial charge in [0.25, 0.3) is 0 Å². The molecule has 0 bridgehead atoms. The number of thioether (sulfide) groups is 2. The lowest BCUT2D eigenvalue weighted by Crippen LogP contribution is -2.24. The van der Waals surface area contributed by atoms with Crippen LogP contribution >= 0.6 is 23.5 Å². The molecule has 2 heterocycles. The summed E-state index contributed by atoms with van der Waals surface area (Å²) in [5.74, 6) is 2.90. The molecule has 1 aromatic heterocycles. The van der Waals surface area contributed by atoms with E-state index in [0.29, 0.717) is 16.8 Å². The Balaban J connectivity index is 1.99. The Hall–Kier alpha value is -1.08. The molecular formula is C11H15N3O2S2. The normalized spacial score (nSPS) is 19.4. The number of nitrogens with two attached hydrogens (primary N) is 1. The molecule has 1 unspecified atom stereocenters. The van der Waals surface area contributed by atoms with Crippen LogP contribution in [0.25, 0.3) is 0 Å². The van der Waals surface area contributed by atoms with Crippen molar-refractivity contribution in [3.8, 4) is 0 Å². The molecule has 0 spiro atoms. The van der Waals surface area contributed by atoms with Gasteiger partial charge in [0.15, 0.2) is 5.69 Å². The average molecular weight is 285 g/mol. The Bertz CT molecular complexity index is 436. The van der Waals surface area contributed by atoms with Gasteiger partial charge in [-0.3, -0.25) is 0 Å². The minimum absolute atomic E-state index is 0.0115. The van der Waals surface area contributed by atoms with Crippen LogP contribution in [0, 0.1) is 0 Å². The van der Waals surface area contributed by atoms with Crippen molar-refractivity contribution < 1.29 is 9.90 Å². The molecule has 0 aromatic carbocycles. The van der Waals surface area contributed by atoms with E-state index in [-0.39, 0.29) is 5.69 Å². The Morgan fingerprint density at radius 2 is 2.39 bits per heavy atom. The molecule has 18 heavy (non-hydrogen) atoms. The van der Waals surface area contributed by atoms with Gasteiger partial charge in [-0.05, 0) is 12.1 Å². The van der Waals surface area contributed by atoms with E-state index in [4.69, 9.17) is 10.8 Å². The molecule has 1 aliphatic rings. The number of anilines is 2. The fraction of sp³-hybridized carbons (Fsp3) is 0.455. The zero-order valence-electron chi connectivity index (χ0n) is 9.76. The molecule has 2 rings (SSSR count). The summed E-state index contributed by atoms with van der Waals surface area (Å²) in [4.78, 5) is 14.8. The number of nitrogen functional groups attached to an aromatic ring is 1. The van der Waals surface area contributed by atoms with Crippen LogP contribution in [0.5, 0.6) is 0 Å². The second kappa shape index (κ2) is 6.19. The minimum atomic E-state index is -1.04. The maximum Gasteiger partial charge on any atom is 0.354 e. The average Bonchev–Trinajstić information content (AvgIpc) is 2.38. The predicted octanol–water partition coefficient (Wildman–Crippen LogP) is 1.62. The molecule has 0 saturated carbocycles. The Labute approximate surface area is 114 Å². The van der Waals surface area contributed by atoms with Crippen LogP contribution in [0.4, 0.5) is 11.5 Å². The van der Waals surface area contributed by atoms with E-state index in [1.165, 1.54) is 11.8 Å². The number of aromatic carboxylic acids is 1. The number of rotatable bonds is 4. The van der Waals surface area contributed by atoms with Crippen LogP contribution in [-0.4, -0.2) is 45.1 Å². The van der Waals surface area contributed by atoms with Crippen LogP contribution in [0.1, 0.15) is 10.5 Å². The largest absolute Gasteiger partial charge is 0.477 e. The highest BCUT2D eigenvalue weighted by Crippen LogP contribution is 2.25. The zero-order chi connectivity index (χ0) is 13.0. The van der Waals surface area contributed by atoms with Gasteiger partial charge in [-0.1, -0.05) is 0 Å².